The quantitative estimate of drug-likeness (QED) is 0.253. The fourth-order valence-corrected chi connectivity index (χ4v) is 5.02. The molecule has 2 atom stereocenters. The lowest BCUT2D eigenvalue weighted by Crippen LogP contribution is -2.80. The molecule has 2 aliphatic heterocycles. The third kappa shape index (κ3) is 4.41. The van der Waals surface area contributed by atoms with Crippen LogP contribution in [-0.2, 0) is 41.0 Å². The lowest BCUT2D eigenvalue weighted by Gasteiger charge is -2.55. The van der Waals surface area contributed by atoms with Gasteiger partial charge in [-0.3, -0.25) is 19.3 Å². The second-order valence-electron chi connectivity index (χ2n) is 6.99. The maximum atomic E-state index is 13.0. The largest absolute Gasteiger partial charge is 0.477 e. The molecule has 3 rings (SSSR count). The van der Waals surface area contributed by atoms with Crippen LogP contribution in [0, 0.1) is 0 Å². The minimum Gasteiger partial charge on any atom is -0.477 e. The third-order valence-corrected chi connectivity index (χ3v) is 6.63. The zero-order valence-corrected chi connectivity index (χ0v) is 18.4. The lowest BCUT2D eigenvalue weighted by atomic mass is 9.97. The molecule has 0 radical (unpaired) electrons. The summed E-state index contributed by atoms with van der Waals surface area (Å²) < 4.78 is 10.3. The Bertz CT molecular complexity index is 949. The maximum absolute atomic E-state index is 13.0. The minimum absolute atomic E-state index is 0.0116. The molecule has 2 aliphatic rings. The highest BCUT2D eigenvalue weighted by molar-refractivity contribution is 8.00. The Morgan fingerprint density at radius 2 is 1.94 bits per heavy atom. The van der Waals surface area contributed by atoms with Crippen molar-refractivity contribution in [2.45, 2.75) is 30.3 Å². The number of thioether (sulfide) groups is 1. The van der Waals surface area contributed by atoms with Crippen LogP contribution < -0.4 is 5.32 Å². The van der Waals surface area contributed by atoms with Gasteiger partial charge in [-0.1, -0.05) is 24.3 Å². The Hall–Kier alpha value is -2.56. The number of carboxylic acids is 1. The fraction of sp³-hybridized carbons (Fsp3) is 0.400. The first kappa shape index (κ1) is 23.1. The van der Waals surface area contributed by atoms with Gasteiger partial charge < -0.3 is 19.9 Å². The van der Waals surface area contributed by atoms with Crippen molar-refractivity contribution in [1.29, 1.82) is 0 Å². The van der Waals surface area contributed by atoms with E-state index >= 15 is 0 Å². The Labute approximate surface area is 187 Å². The van der Waals surface area contributed by atoms with Gasteiger partial charge in [0.05, 0.1) is 6.42 Å². The van der Waals surface area contributed by atoms with Gasteiger partial charge in [0.1, 0.15) is 17.7 Å². The normalized spacial score (nSPS) is 22.5. The van der Waals surface area contributed by atoms with Crippen molar-refractivity contribution in [3.8, 4) is 0 Å². The van der Waals surface area contributed by atoms with Crippen molar-refractivity contribution >= 4 is 47.1 Å². The Morgan fingerprint density at radius 1 is 1.29 bits per heavy atom. The van der Waals surface area contributed by atoms with E-state index < -0.39 is 34.9 Å². The average Bonchev–Trinajstić information content (AvgIpc) is 2.75. The molecule has 1 aromatic carbocycles. The average molecular weight is 469 g/mol. The number of hydrogen-bond acceptors (Lipinski definition) is 7. The number of carboxylic acid groups (broad SMARTS) is 1. The summed E-state index contributed by atoms with van der Waals surface area (Å²) in [6, 6.07) is 7.16. The van der Waals surface area contributed by atoms with Gasteiger partial charge in [0.25, 0.3) is 11.6 Å². The van der Waals surface area contributed by atoms with E-state index in [1.807, 2.05) is 12.1 Å². The van der Waals surface area contributed by atoms with E-state index in [1.54, 1.807) is 12.1 Å². The number of methoxy groups -OCH3 is 1. The summed E-state index contributed by atoms with van der Waals surface area (Å²) >= 11 is 6.99. The number of carbonyl (C=O) groups excluding carboxylic acids is 3. The number of nitrogens with one attached hydrogen (secondary N) is 1. The van der Waals surface area contributed by atoms with Crippen molar-refractivity contribution in [3.05, 3.63) is 46.7 Å². The zero-order chi connectivity index (χ0) is 22.8. The molecule has 2 heterocycles. The predicted molar refractivity (Wildman–Crippen MR) is 112 cm³/mol. The minimum atomic E-state index is -1.68. The molecule has 2 N–H and O–H groups in total. The smallest absolute Gasteiger partial charge is 0.352 e. The molecular formula is C20H21ClN2O7S. The number of carbonyl (C=O) groups is 4. The topological polar surface area (TPSA) is 122 Å². The Morgan fingerprint density at radius 3 is 2.48 bits per heavy atom. The highest BCUT2D eigenvalue weighted by atomic mass is 35.5. The number of aliphatic carboxylic acids is 1. The number of benzene rings is 1. The van der Waals surface area contributed by atoms with Crippen molar-refractivity contribution in [2.24, 2.45) is 0 Å². The van der Waals surface area contributed by atoms with Crippen molar-refractivity contribution < 1.29 is 33.8 Å². The van der Waals surface area contributed by atoms with E-state index in [1.165, 1.54) is 25.8 Å². The van der Waals surface area contributed by atoms with Crippen molar-refractivity contribution in [1.82, 2.24) is 10.2 Å². The second kappa shape index (κ2) is 9.29. The van der Waals surface area contributed by atoms with Crippen LogP contribution in [0.2, 0.25) is 0 Å². The fourth-order valence-electron chi connectivity index (χ4n) is 3.43. The van der Waals surface area contributed by atoms with E-state index in [2.05, 4.69) is 5.32 Å². The number of β-lactam (4-membered cyclic amide) rings is 1. The van der Waals surface area contributed by atoms with Gasteiger partial charge in [0, 0.05) is 31.2 Å². The highest BCUT2D eigenvalue weighted by Crippen LogP contribution is 2.46. The van der Waals surface area contributed by atoms with Gasteiger partial charge in [0.15, 0.2) is 0 Å². The van der Waals surface area contributed by atoms with Gasteiger partial charge >= 0.3 is 11.9 Å². The molecule has 31 heavy (non-hydrogen) atoms. The van der Waals surface area contributed by atoms with Gasteiger partial charge in [0.2, 0.25) is 5.91 Å². The number of fused-ring (bicyclic) bond motifs is 1. The summed E-state index contributed by atoms with van der Waals surface area (Å²) in [7, 11) is 1.28. The van der Waals surface area contributed by atoms with Gasteiger partial charge in [-0.25, -0.2) is 4.79 Å². The molecule has 2 unspecified atom stereocenters. The number of esters is 1. The van der Waals surface area contributed by atoms with Crippen LogP contribution >= 0.6 is 23.4 Å². The predicted octanol–water partition coefficient (Wildman–Crippen LogP) is 1.24. The summed E-state index contributed by atoms with van der Waals surface area (Å²) in [5, 5.41) is 11.5. The number of ether oxygens (including phenoxy) is 2. The van der Waals surface area contributed by atoms with E-state index in [0.29, 0.717) is 11.5 Å². The van der Waals surface area contributed by atoms with Crippen LogP contribution in [0.1, 0.15) is 18.1 Å². The number of alkyl halides is 1. The van der Waals surface area contributed by atoms with Gasteiger partial charge in [-0.05, 0) is 11.1 Å². The monoisotopic (exact) mass is 468 g/mol. The summed E-state index contributed by atoms with van der Waals surface area (Å²) in [6.07, 6.45) is 0.0116. The molecule has 1 saturated heterocycles. The van der Waals surface area contributed by atoms with Crippen LogP contribution in [0.4, 0.5) is 0 Å². The Kier molecular flexibility index (Phi) is 6.93. The van der Waals surface area contributed by atoms with Crippen molar-refractivity contribution in [3.63, 3.8) is 0 Å². The maximum Gasteiger partial charge on any atom is 0.352 e. The third-order valence-electron chi connectivity index (χ3n) is 4.95. The van der Waals surface area contributed by atoms with Crippen LogP contribution in [0.25, 0.3) is 0 Å². The molecule has 0 saturated carbocycles. The highest BCUT2D eigenvalue weighted by Gasteiger charge is 2.66. The van der Waals surface area contributed by atoms with Crippen molar-refractivity contribution in [2.75, 3.05) is 19.5 Å². The number of rotatable bonds is 8. The number of nitrogens with zero attached hydrogens (tertiary/aromatic N) is 1. The summed E-state index contributed by atoms with van der Waals surface area (Å²) in [6.45, 7) is 0.981. The SMILES string of the molecule is COC1(NC(=O)Cc2ccc(CCl)cc2)C(=O)N2C(C(=O)O)=C(COC(C)=O)CSC21. The molecule has 0 aromatic heterocycles. The number of hydrogen-bond donors (Lipinski definition) is 2. The molecule has 2 amide bonds. The van der Waals surface area contributed by atoms with E-state index in [0.717, 1.165) is 16.0 Å². The van der Waals surface area contributed by atoms with E-state index in [4.69, 9.17) is 21.1 Å². The molecule has 0 bridgehead atoms. The number of halogens is 1. The zero-order valence-electron chi connectivity index (χ0n) is 16.8. The summed E-state index contributed by atoms with van der Waals surface area (Å²) in [5.41, 5.74) is 0.0136. The standard InChI is InChI=1S/C20H21ClN2O7S/c1-11(24)30-9-14-10-31-19-20(29-2,18(28)23(19)16(14)17(26)27)22-15(25)7-12-3-5-13(8-21)6-4-12/h3-6,19H,7-10H2,1-2H3,(H,22,25)(H,26,27). The first-order valence-electron chi connectivity index (χ1n) is 9.27. The number of amides is 2. The molecule has 11 heteroatoms. The van der Waals surface area contributed by atoms with Gasteiger partial charge in [-0.2, -0.15) is 0 Å². The molecule has 9 nitrogen and oxygen atoms in total. The van der Waals surface area contributed by atoms with Crippen LogP contribution in [0.3, 0.4) is 0 Å². The van der Waals surface area contributed by atoms with Crippen LogP contribution in [-0.4, -0.2) is 64.3 Å². The molecule has 1 aromatic rings. The van der Waals surface area contributed by atoms with E-state index in [9.17, 15) is 24.3 Å². The lowest BCUT2D eigenvalue weighted by molar-refractivity contribution is -0.192. The first-order valence-corrected chi connectivity index (χ1v) is 10.9. The first-order chi connectivity index (χ1) is 14.7. The van der Waals surface area contributed by atoms with Crippen LogP contribution in [0.15, 0.2) is 35.5 Å². The molecule has 0 aliphatic carbocycles. The molecule has 1 fully saturated rings. The van der Waals surface area contributed by atoms with E-state index in [-0.39, 0.29) is 24.5 Å². The summed E-state index contributed by atoms with van der Waals surface area (Å²) in [4.78, 5) is 49.6. The molecular weight excluding hydrogens is 448 g/mol. The van der Waals surface area contributed by atoms with Gasteiger partial charge in [-0.15, -0.1) is 23.4 Å². The van der Waals surface area contributed by atoms with Crippen LogP contribution in [0.5, 0.6) is 0 Å². The molecule has 166 valence electrons. The molecule has 0 spiro atoms. The second-order valence-corrected chi connectivity index (χ2v) is 8.33. The summed E-state index contributed by atoms with van der Waals surface area (Å²) in [5.74, 6) is -2.46. The Balaban J connectivity index is 1.77.